The van der Waals surface area contributed by atoms with Crippen LogP contribution >= 0.6 is 11.8 Å². The summed E-state index contributed by atoms with van der Waals surface area (Å²) in [5.74, 6) is -0.226. The van der Waals surface area contributed by atoms with Crippen LogP contribution in [0.5, 0.6) is 0 Å². The first-order valence-corrected chi connectivity index (χ1v) is 10.3. The van der Waals surface area contributed by atoms with Crippen LogP contribution in [0.4, 0.5) is 22.9 Å². The average molecular weight is 445 g/mol. The number of rotatable bonds is 7. The quantitative estimate of drug-likeness (QED) is 0.235. The number of hydrogen-bond donors (Lipinski definition) is 2. The lowest BCUT2D eigenvalue weighted by molar-refractivity contribution is -0.384. The molecule has 0 saturated carbocycles. The van der Waals surface area contributed by atoms with E-state index in [4.69, 9.17) is 5.26 Å². The van der Waals surface area contributed by atoms with Gasteiger partial charge in [-0.1, -0.05) is 30.0 Å². The molecule has 2 N–H and O–H groups in total. The van der Waals surface area contributed by atoms with Crippen molar-refractivity contribution in [3.8, 4) is 23.4 Å². The van der Waals surface area contributed by atoms with Crippen molar-refractivity contribution in [2.24, 2.45) is 0 Å². The van der Waals surface area contributed by atoms with E-state index in [2.05, 4.69) is 26.7 Å². The Hall–Kier alpha value is -4.48. The van der Waals surface area contributed by atoms with Crippen molar-refractivity contribution in [1.29, 1.82) is 10.5 Å². The average Bonchev–Trinajstić information content (AvgIpc) is 2.79. The Labute approximate surface area is 187 Å². The van der Waals surface area contributed by atoms with Crippen molar-refractivity contribution in [2.45, 2.75) is 11.6 Å². The predicted molar refractivity (Wildman–Crippen MR) is 119 cm³/mol. The molecule has 0 fully saturated rings. The third kappa shape index (κ3) is 5.16. The molecular formula is C21H15N7O3S. The summed E-state index contributed by atoms with van der Waals surface area (Å²) in [7, 11) is 0. The van der Waals surface area contributed by atoms with Gasteiger partial charge in [0.1, 0.15) is 18.1 Å². The van der Waals surface area contributed by atoms with E-state index in [1.165, 1.54) is 30.0 Å². The second-order valence-electron chi connectivity index (χ2n) is 6.29. The number of hydrogen-bond acceptors (Lipinski definition) is 9. The minimum atomic E-state index is -0.516. The molecular weight excluding hydrogens is 430 g/mol. The van der Waals surface area contributed by atoms with Gasteiger partial charge in [-0.15, -0.1) is 0 Å². The summed E-state index contributed by atoms with van der Waals surface area (Å²) < 4.78 is 0. The lowest BCUT2D eigenvalue weighted by Gasteiger charge is -2.13. The van der Waals surface area contributed by atoms with Crippen LogP contribution in [0.25, 0.3) is 11.3 Å². The van der Waals surface area contributed by atoms with Crippen LogP contribution < -0.4 is 10.6 Å². The first kappa shape index (κ1) is 22.2. The summed E-state index contributed by atoms with van der Waals surface area (Å²) in [6.45, 7) is 0. The summed E-state index contributed by atoms with van der Waals surface area (Å²) in [5.41, 5.74) is 1.66. The molecule has 158 valence electrons. The van der Waals surface area contributed by atoms with Crippen LogP contribution in [-0.4, -0.2) is 27.1 Å². The number of anilines is 3. The monoisotopic (exact) mass is 445 g/mol. The van der Waals surface area contributed by atoms with Crippen molar-refractivity contribution in [1.82, 2.24) is 9.97 Å². The van der Waals surface area contributed by atoms with Gasteiger partial charge >= 0.3 is 0 Å². The predicted octanol–water partition coefficient (Wildman–Crippen LogP) is 4.24. The first-order chi connectivity index (χ1) is 15.4. The van der Waals surface area contributed by atoms with Crippen LogP contribution in [0.15, 0.2) is 53.7 Å². The van der Waals surface area contributed by atoms with Crippen LogP contribution in [0.3, 0.4) is 0 Å². The summed E-state index contributed by atoms with van der Waals surface area (Å²) in [6, 6.07) is 16.4. The van der Waals surface area contributed by atoms with Crippen molar-refractivity contribution >= 4 is 40.5 Å². The Morgan fingerprint density at radius 2 is 1.91 bits per heavy atom. The highest BCUT2D eigenvalue weighted by Crippen LogP contribution is 2.32. The third-order valence-electron chi connectivity index (χ3n) is 4.16. The van der Waals surface area contributed by atoms with Gasteiger partial charge in [-0.2, -0.15) is 10.5 Å². The number of carbonyl (C=O) groups excluding carboxylic acids is 1. The van der Waals surface area contributed by atoms with Gasteiger partial charge in [-0.25, -0.2) is 9.97 Å². The normalized spacial score (nSPS) is 9.97. The molecule has 1 aromatic heterocycles. The van der Waals surface area contributed by atoms with E-state index >= 15 is 0 Å². The molecule has 0 atom stereocenters. The van der Waals surface area contributed by atoms with E-state index < -0.39 is 10.8 Å². The van der Waals surface area contributed by atoms with Crippen molar-refractivity contribution in [3.05, 3.63) is 64.2 Å². The van der Waals surface area contributed by atoms with Gasteiger partial charge in [-0.3, -0.25) is 14.9 Å². The van der Waals surface area contributed by atoms with Gasteiger partial charge in [0, 0.05) is 29.1 Å². The number of nitrogens with zero attached hydrogens (tertiary/aromatic N) is 5. The van der Waals surface area contributed by atoms with E-state index in [0.717, 1.165) is 0 Å². The highest BCUT2D eigenvalue weighted by atomic mass is 32.2. The van der Waals surface area contributed by atoms with E-state index in [9.17, 15) is 20.2 Å². The van der Waals surface area contributed by atoms with E-state index in [-0.39, 0.29) is 29.2 Å². The Balaban J connectivity index is 2.03. The molecule has 1 amide bonds. The van der Waals surface area contributed by atoms with E-state index in [0.29, 0.717) is 22.1 Å². The fraction of sp³-hybridized carbons (Fsp3) is 0.0952. The zero-order valence-electron chi connectivity index (χ0n) is 16.7. The number of thioether (sulfide) groups is 1. The Kier molecular flexibility index (Phi) is 6.95. The number of nitro groups is 1. The zero-order valence-corrected chi connectivity index (χ0v) is 17.5. The number of amides is 1. The summed E-state index contributed by atoms with van der Waals surface area (Å²) in [5, 5.41) is 35.6. The van der Waals surface area contributed by atoms with E-state index in [1.54, 1.807) is 42.7 Å². The summed E-state index contributed by atoms with van der Waals surface area (Å²) in [6.07, 6.45) is 1.50. The molecule has 0 bridgehead atoms. The molecule has 0 saturated heterocycles. The Morgan fingerprint density at radius 3 is 2.59 bits per heavy atom. The summed E-state index contributed by atoms with van der Waals surface area (Å²) >= 11 is 1.26. The Bertz CT molecular complexity index is 1280. The SMILES string of the molecule is CSc1nc(Nc2cccc(NC(=O)CC#N)c2)c(C#N)c(-c2cccc([N+](=O)[O-])c2)n1. The molecule has 3 aromatic rings. The van der Waals surface area contributed by atoms with Gasteiger partial charge in [-0.05, 0) is 24.5 Å². The van der Waals surface area contributed by atoms with Crippen LogP contribution in [0, 0.1) is 32.8 Å². The highest BCUT2D eigenvalue weighted by molar-refractivity contribution is 7.98. The minimum Gasteiger partial charge on any atom is -0.339 e. The Morgan fingerprint density at radius 1 is 1.16 bits per heavy atom. The molecule has 11 heteroatoms. The molecule has 1 heterocycles. The molecule has 3 rings (SSSR count). The zero-order chi connectivity index (χ0) is 23.1. The fourth-order valence-corrected chi connectivity index (χ4v) is 3.16. The van der Waals surface area contributed by atoms with Gasteiger partial charge in [0.25, 0.3) is 5.69 Å². The molecule has 2 aromatic carbocycles. The fourth-order valence-electron chi connectivity index (χ4n) is 2.79. The van der Waals surface area contributed by atoms with Gasteiger partial charge in [0.15, 0.2) is 11.0 Å². The molecule has 0 aliphatic carbocycles. The molecule has 0 spiro atoms. The molecule has 0 unspecified atom stereocenters. The molecule has 0 aliphatic rings. The maximum atomic E-state index is 11.7. The number of benzene rings is 2. The molecule has 0 aliphatic heterocycles. The number of carbonyl (C=O) groups is 1. The maximum absolute atomic E-state index is 11.7. The number of non-ortho nitro benzene ring substituents is 1. The molecule has 0 radical (unpaired) electrons. The van der Waals surface area contributed by atoms with Crippen molar-refractivity contribution in [3.63, 3.8) is 0 Å². The highest BCUT2D eigenvalue weighted by Gasteiger charge is 2.18. The van der Waals surface area contributed by atoms with E-state index in [1.807, 2.05) is 0 Å². The summed E-state index contributed by atoms with van der Waals surface area (Å²) in [4.78, 5) is 31.1. The van der Waals surface area contributed by atoms with Crippen LogP contribution in [0.1, 0.15) is 12.0 Å². The van der Waals surface area contributed by atoms with Gasteiger partial charge in [0.2, 0.25) is 5.91 Å². The maximum Gasteiger partial charge on any atom is 0.270 e. The minimum absolute atomic E-state index is 0.113. The van der Waals surface area contributed by atoms with Crippen molar-refractivity contribution in [2.75, 3.05) is 16.9 Å². The number of aromatic nitrogens is 2. The topological polar surface area (TPSA) is 158 Å². The molecule has 32 heavy (non-hydrogen) atoms. The lowest BCUT2D eigenvalue weighted by atomic mass is 10.1. The smallest absolute Gasteiger partial charge is 0.270 e. The second-order valence-corrected chi connectivity index (χ2v) is 7.06. The van der Waals surface area contributed by atoms with Gasteiger partial charge < -0.3 is 10.6 Å². The number of nitriles is 2. The molecule has 10 nitrogen and oxygen atoms in total. The van der Waals surface area contributed by atoms with Crippen LogP contribution in [-0.2, 0) is 4.79 Å². The first-order valence-electron chi connectivity index (χ1n) is 9.10. The second kappa shape index (κ2) is 10.0. The third-order valence-corrected chi connectivity index (χ3v) is 4.71. The van der Waals surface area contributed by atoms with Gasteiger partial charge in [0.05, 0.1) is 16.7 Å². The largest absolute Gasteiger partial charge is 0.339 e. The van der Waals surface area contributed by atoms with Crippen LogP contribution in [0.2, 0.25) is 0 Å². The lowest BCUT2D eigenvalue weighted by Crippen LogP contribution is -2.10. The number of nitro benzene ring substituents is 1. The number of nitrogens with one attached hydrogen (secondary N) is 2. The van der Waals surface area contributed by atoms with Crippen molar-refractivity contribution < 1.29 is 9.72 Å². The standard InChI is InChI=1S/C21H15N7O3S/c1-32-21-26-19(13-4-2-7-16(10-13)28(30)31)17(12-23)20(27-21)25-15-6-3-5-14(11-15)24-18(29)8-9-22/h2-7,10-11H,8H2,1H3,(H,24,29)(H,25,26,27).